The summed E-state index contributed by atoms with van der Waals surface area (Å²) in [5, 5.41) is 11.2. The van der Waals surface area contributed by atoms with E-state index in [9.17, 15) is 27.9 Å². The number of nitrogens with zero attached hydrogens (tertiary/aromatic N) is 1. The van der Waals surface area contributed by atoms with Crippen LogP contribution in [0.2, 0.25) is 5.02 Å². The highest BCUT2D eigenvalue weighted by Gasteiger charge is 2.59. The number of halogens is 4. The molecule has 0 fully saturated rings. The Labute approximate surface area is 221 Å². The van der Waals surface area contributed by atoms with E-state index in [-0.39, 0.29) is 34.4 Å². The van der Waals surface area contributed by atoms with Gasteiger partial charge in [0.2, 0.25) is 0 Å². The molecule has 0 spiro atoms. The highest BCUT2D eigenvalue weighted by Crippen LogP contribution is 2.51. The second-order valence-electron chi connectivity index (χ2n) is 8.71. The van der Waals surface area contributed by atoms with Crippen molar-refractivity contribution in [2.75, 3.05) is 25.7 Å². The first kappa shape index (κ1) is 27.3. The minimum Gasteiger partial charge on any atom is -0.482 e. The Hall–Kier alpha value is -3.76. The monoisotopic (exact) mass is 549 g/mol. The summed E-state index contributed by atoms with van der Waals surface area (Å²) in [6, 6.07) is 13.7. The first-order valence-electron chi connectivity index (χ1n) is 11.4. The Kier molecular flexibility index (Phi) is 7.31. The summed E-state index contributed by atoms with van der Waals surface area (Å²) >= 11 is 6.38. The molecule has 11 heteroatoms. The molecule has 3 aromatic carbocycles. The number of amides is 1. The average Bonchev–Trinajstić information content (AvgIpc) is 2.89. The van der Waals surface area contributed by atoms with Crippen LogP contribution in [-0.2, 0) is 15.1 Å². The molecule has 1 amide bonds. The van der Waals surface area contributed by atoms with Gasteiger partial charge in [-0.15, -0.1) is 0 Å². The van der Waals surface area contributed by atoms with Gasteiger partial charge in [-0.1, -0.05) is 30.7 Å². The Morgan fingerprint density at radius 2 is 1.74 bits per heavy atom. The standard InChI is InChI=1S/C27H23ClF3NO6/c1-15(20-10-9-19(13-21(20)28)38-18-7-4-16(5-8-18)25(34)36-3)26(35,27(29,30)31)17-6-11-23-22(12-17)32(2)24(33)14-37-23/h4-13,15,35H,14H2,1-3H3. The van der Waals surface area contributed by atoms with Gasteiger partial charge in [0.25, 0.3) is 5.91 Å². The lowest BCUT2D eigenvalue weighted by atomic mass is 9.77. The number of esters is 1. The van der Waals surface area contributed by atoms with Crippen LogP contribution in [0.5, 0.6) is 17.2 Å². The van der Waals surface area contributed by atoms with Crippen LogP contribution in [0.4, 0.5) is 18.9 Å². The normalized spacial score (nSPS) is 15.7. The number of benzene rings is 3. The van der Waals surface area contributed by atoms with Crippen molar-refractivity contribution in [3.63, 3.8) is 0 Å². The molecule has 0 saturated carbocycles. The van der Waals surface area contributed by atoms with Crippen molar-refractivity contribution < 1.29 is 42.1 Å². The van der Waals surface area contributed by atoms with E-state index in [0.717, 1.165) is 12.1 Å². The minimum absolute atomic E-state index is 0.0262. The second-order valence-corrected chi connectivity index (χ2v) is 9.12. The number of ether oxygens (including phenoxy) is 3. The van der Waals surface area contributed by atoms with Gasteiger partial charge in [-0.05, 0) is 59.7 Å². The average molecular weight is 550 g/mol. The highest BCUT2D eigenvalue weighted by atomic mass is 35.5. The summed E-state index contributed by atoms with van der Waals surface area (Å²) < 4.78 is 59.1. The number of rotatable bonds is 6. The predicted molar refractivity (Wildman–Crippen MR) is 133 cm³/mol. The zero-order chi connectivity index (χ0) is 27.8. The third-order valence-corrected chi connectivity index (χ3v) is 6.82. The van der Waals surface area contributed by atoms with E-state index in [1.807, 2.05) is 0 Å². The van der Waals surface area contributed by atoms with Crippen molar-refractivity contribution in [3.05, 3.63) is 82.4 Å². The van der Waals surface area contributed by atoms with Gasteiger partial charge in [-0.3, -0.25) is 4.79 Å². The van der Waals surface area contributed by atoms with Crippen LogP contribution in [0.15, 0.2) is 60.7 Å². The van der Waals surface area contributed by atoms with Gasteiger partial charge in [0.15, 0.2) is 12.2 Å². The molecule has 2 atom stereocenters. The van der Waals surface area contributed by atoms with Crippen molar-refractivity contribution in [1.29, 1.82) is 0 Å². The van der Waals surface area contributed by atoms with Gasteiger partial charge < -0.3 is 24.2 Å². The fraction of sp³-hybridized carbons (Fsp3) is 0.259. The zero-order valence-electron chi connectivity index (χ0n) is 20.5. The van der Waals surface area contributed by atoms with E-state index in [4.69, 9.17) is 21.1 Å². The number of likely N-dealkylation sites (N-methyl/N-ethyl adjacent to an activating group) is 1. The van der Waals surface area contributed by atoms with Gasteiger partial charge in [-0.2, -0.15) is 13.2 Å². The molecule has 0 radical (unpaired) electrons. The van der Waals surface area contributed by atoms with Crippen molar-refractivity contribution in [3.8, 4) is 17.2 Å². The molecule has 1 aliphatic rings. The van der Waals surface area contributed by atoms with Crippen molar-refractivity contribution in [1.82, 2.24) is 0 Å². The smallest absolute Gasteiger partial charge is 0.422 e. The number of alkyl halides is 3. The van der Waals surface area contributed by atoms with Crippen LogP contribution >= 0.6 is 11.6 Å². The molecule has 200 valence electrons. The largest absolute Gasteiger partial charge is 0.482 e. The number of aliphatic hydroxyl groups is 1. The van der Waals surface area contributed by atoms with E-state index >= 15 is 0 Å². The number of hydrogen-bond acceptors (Lipinski definition) is 6. The third kappa shape index (κ3) is 4.89. The Bertz CT molecular complexity index is 1380. The Balaban J connectivity index is 1.66. The molecule has 38 heavy (non-hydrogen) atoms. The number of methoxy groups -OCH3 is 1. The van der Waals surface area contributed by atoms with Crippen molar-refractivity contribution >= 4 is 29.2 Å². The summed E-state index contributed by atoms with van der Waals surface area (Å²) in [4.78, 5) is 24.8. The predicted octanol–water partition coefficient (Wildman–Crippen LogP) is 5.83. The molecule has 0 bridgehead atoms. The lowest BCUT2D eigenvalue weighted by Crippen LogP contribution is -2.47. The van der Waals surface area contributed by atoms with Crippen LogP contribution in [0, 0.1) is 0 Å². The highest BCUT2D eigenvalue weighted by molar-refractivity contribution is 6.31. The zero-order valence-corrected chi connectivity index (χ0v) is 21.3. The van der Waals surface area contributed by atoms with E-state index in [0.29, 0.717) is 11.3 Å². The maximum atomic E-state index is 14.5. The summed E-state index contributed by atoms with van der Waals surface area (Å²) in [6.07, 6.45) is -5.10. The first-order valence-corrected chi connectivity index (χ1v) is 11.7. The van der Waals surface area contributed by atoms with Gasteiger partial charge in [0.05, 0.1) is 18.4 Å². The fourth-order valence-corrected chi connectivity index (χ4v) is 4.56. The molecule has 1 heterocycles. The molecular formula is C27H23ClF3NO6. The number of anilines is 1. The van der Waals surface area contributed by atoms with E-state index in [2.05, 4.69) is 4.74 Å². The first-order chi connectivity index (χ1) is 17.9. The Morgan fingerprint density at radius 1 is 1.08 bits per heavy atom. The maximum absolute atomic E-state index is 14.5. The topological polar surface area (TPSA) is 85.3 Å². The molecule has 1 aliphatic heterocycles. The van der Waals surface area contributed by atoms with Gasteiger partial charge in [0, 0.05) is 18.0 Å². The summed E-state index contributed by atoms with van der Waals surface area (Å²) in [5.41, 5.74) is -3.36. The lowest BCUT2D eigenvalue weighted by molar-refractivity contribution is -0.274. The van der Waals surface area contributed by atoms with Gasteiger partial charge in [0.1, 0.15) is 17.2 Å². The van der Waals surface area contributed by atoms with Crippen molar-refractivity contribution in [2.24, 2.45) is 0 Å². The summed E-state index contributed by atoms with van der Waals surface area (Å²) in [7, 11) is 2.68. The molecule has 0 aliphatic carbocycles. The van der Waals surface area contributed by atoms with Crippen LogP contribution < -0.4 is 14.4 Å². The third-order valence-electron chi connectivity index (χ3n) is 6.49. The molecule has 7 nitrogen and oxygen atoms in total. The van der Waals surface area contributed by atoms with E-state index < -0.39 is 35.1 Å². The fourth-order valence-electron chi connectivity index (χ4n) is 4.23. The number of carbonyl (C=O) groups is 2. The lowest BCUT2D eigenvalue weighted by Gasteiger charge is -2.38. The van der Waals surface area contributed by atoms with Crippen LogP contribution in [-0.4, -0.2) is 43.9 Å². The minimum atomic E-state index is -5.10. The van der Waals surface area contributed by atoms with Gasteiger partial charge >= 0.3 is 12.1 Å². The quantitative estimate of drug-likeness (QED) is 0.390. The second kappa shape index (κ2) is 10.2. The van der Waals surface area contributed by atoms with Crippen LogP contribution in [0.3, 0.4) is 0 Å². The number of carbonyl (C=O) groups excluding carboxylic acids is 2. The number of hydrogen-bond donors (Lipinski definition) is 1. The summed E-state index contributed by atoms with van der Waals surface area (Å²) in [5.74, 6) is -1.68. The SMILES string of the molecule is COC(=O)c1ccc(Oc2ccc(C(C)C(O)(c3ccc4c(c3)N(C)C(=O)CO4)C(F)(F)F)c(Cl)c2)cc1. The van der Waals surface area contributed by atoms with Crippen LogP contribution in [0.1, 0.15) is 34.3 Å². The molecule has 3 aromatic rings. The van der Waals surface area contributed by atoms with E-state index in [1.54, 1.807) is 0 Å². The molecule has 1 N–H and O–H groups in total. The molecular weight excluding hydrogens is 527 g/mol. The maximum Gasteiger partial charge on any atom is 0.422 e. The molecule has 4 rings (SSSR count). The summed E-state index contributed by atoms with van der Waals surface area (Å²) in [6.45, 7) is 0.980. The van der Waals surface area contributed by atoms with Crippen LogP contribution in [0.25, 0.3) is 0 Å². The number of fused-ring (bicyclic) bond motifs is 1. The molecule has 0 aromatic heterocycles. The van der Waals surface area contributed by atoms with Crippen molar-refractivity contribution in [2.45, 2.75) is 24.6 Å². The molecule has 2 unspecified atom stereocenters. The van der Waals surface area contributed by atoms with E-state index in [1.165, 1.54) is 74.5 Å². The van der Waals surface area contributed by atoms with Gasteiger partial charge in [-0.25, -0.2) is 4.79 Å². The Morgan fingerprint density at radius 3 is 2.34 bits per heavy atom. The molecule has 0 saturated heterocycles.